The molecule has 1 aliphatic heterocycles. The van der Waals surface area contributed by atoms with Crippen LogP contribution in [0.4, 0.5) is 10.5 Å². The summed E-state index contributed by atoms with van der Waals surface area (Å²) in [7, 11) is 0. The molecule has 0 spiro atoms. The number of likely N-dealkylation sites (tertiary alicyclic amines) is 1. The fourth-order valence-electron chi connectivity index (χ4n) is 9.86. The van der Waals surface area contributed by atoms with Crippen molar-refractivity contribution in [3.8, 4) is 0 Å². The number of carbonyl (C=O) groups excluding carboxylic acids is 7. The van der Waals surface area contributed by atoms with Crippen molar-refractivity contribution in [3.63, 3.8) is 0 Å². The molecule has 0 unspecified atom stereocenters. The van der Waals surface area contributed by atoms with Crippen LogP contribution in [0.5, 0.6) is 0 Å². The Balaban J connectivity index is 1.09. The number of urea groups is 1. The van der Waals surface area contributed by atoms with Gasteiger partial charge in [0.25, 0.3) is 0 Å². The first-order valence-electron chi connectivity index (χ1n) is 25.2. The summed E-state index contributed by atoms with van der Waals surface area (Å²) in [5.41, 5.74) is 15.5. The lowest BCUT2D eigenvalue weighted by Crippen LogP contribution is -2.60. The first kappa shape index (κ1) is 52.3. The molecule has 1 aliphatic carbocycles. The second-order valence-corrected chi connectivity index (χ2v) is 19.0. The van der Waals surface area contributed by atoms with Gasteiger partial charge in [-0.2, -0.15) is 0 Å². The zero-order chi connectivity index (χ0) is 50.8. The second-order valence-electron chi connectivity index (χ2n) is 19.0. The topological polar surface area (TPSA) is 263 Å². The van der Waals surface area contributed by atoms with Crippen molar-refractivity contribution < 1.29 is 33.6 Å². The fourth-order valence-corrected chi connectivity index (χ4v) is 9.86. The van der Waals surface area contributed by atoms with Gasteiger partial charge in [0.15, 0.2) is 0 Å². The molecule has 2 aliphatic rings. The summed E-state index contributed by atoms with van der Waals surface area (Å²) >= 11 is 0. The maximum Gasteiger partial charge on any atom is 0.319 e. The summed E-state index contributed by atoms with van der Waals surface area (Å²) < 4.78 is 0. The Morgan fingerprint density at radius 2 is 1.17 bits per heavy atom. The number of carbonyl (C=O) groups is 7. The molecule has 5 aromatic rings. The number of fused-ring (bicyclic) bond motifs is 1. The number of H-pyrrole nitrogens is 1. The van der Waals surface area contributed by atoms with Gasteiger partial charge in [-0.05, 0) is 79.5 Å². The zero-order valence-corrected chi connectivity index (χ0v) is 40.7. The van der Waals surface area contributed by atoms with Gasteiger partial charge in [0.2, 0.25) is 35.4 Å². The van der Waals surface area contributed by atoms with E-state index in [0.717, 1.165) is 59.7 Å². The molecule has 0 bridgehead atoms. The number of rotatable bonds is 23. The fraction of sp³-hybridized carbons (Fsp3) is 0.400. The second kappa shape index (κ2) is 26.1. The third kappa shape index (κ3) is 14.8. The molecule has 1 aromatic heterocycles. The van der Waals surface area contributed by atoms with Crippen LogP contribution in [0.25, 0.3) is 10.9 Å². The predicted molar refractivity (Wildman–Crippen MR) is 276 cm³/mol. The van der Waals surface area contributed by atoms with Crippen molar-refractivity contribution in [2.45, 2.75) is 120 Å². The minimum absolute atomic E-state index is 0.0583. The molecule has 6 atom stereocenters. The van der Waals surface area contributed by atoms with Gasteiger partial charge in [-0.1, -0.05) is 129 Å². The van der Waals surface area contributed by atoms with E-state index in [1.165, 1.54) is 4.90 Å². The number of para-hydroxylation sites is 2. The van der Waals surface area contributed by atoms with Crippen LogP contribution in [0.15, 0.2) is 121 Å². The normalized spacial score (nSPS) is 16.8. The molecule has 1 saturated heterocycles. The van der Waals surface area contributed by atoms with Gasteiger partial charge in [-0.15, -0.1) is 0 Å². The number of aromatic amines is 1. The van der Waals surface area contributed by atoms with E-state index >= 15 is 0 Å². The molecule has 7 rings (SSSR count). The van der Waals surface area contributed by atoms with Crippen LogP contribution in [-0.2, 0) is 48.0 Å². The summed E-state index contributed by atoms with van der Waals surface area (Å²) in [5.74, 6) is -3.42. The quantitative estimate of drug-likeness (QED) is 0.0449. The van der Waals surface area contributed by atoms with Gasteiger partial charge in [0.1, 0.15) is 36.3 Å². The molecule has 11 N–H and O–H groups in total. The molecule has 17 heteroatoms. The molecular formula is C55H68N10O7. The first-order chi connectivity index (χ1) is 34.9. The van der Waals surface area contributed by atoms with E-state index in [-0.39, 0.29) is 44.7 Å². The maximum atomic E-state index is 14.7. The highest BCUT2D eigenvalue weighted by Crippen LogP contribution is 2.28. The number of amides is 8. The van der Waals surface area contributed by atoms with Gasteiger partial charge >= 0.3 is 6.03 Å². The van der Waals surface area contributed by atoms with Crippen molar-refractivity contribution in [3.05, 3.63) is 138 Å². The van der Waals surface area contributed by atoms with Crippen molar-refractivity contribution in [2.24, 2.45) is 17.4 Å². The molecule has 2 fully saturated rings. The van der Waals surface area contributed by atoms with E-state index in [1.54, 1.807) is 30.5 Å². The standard InChI is InChI=1S/C55H68N10O7/c56-29-15-27-43(60-51(68)46(33-38-21-9-3-10-22-38)64-55(72)59-40-23-11-4-12-24-40)54(71)65-30-16-28-48(65)53(70)63-45(32-37-19-7-2-8-20-37)50(67)62-47(34-39-35-58-42-26-14-13-25-41(39)42)52(69)61-44(49(57)66)31-36-17-5-1-6-18-36/h1,3-6,9-14,17-18,21-26,35,37,43-48,58H,2,7-8,15-16,19-20,27-34,56H2,(H2,57,66)(H,60,68)(H,61,69)(H,62,67)(H,63,70)(H2,59,64,72)/t43-,44-,45-,46-,47-,48-/m0/s1. The Labute approximate surface area is 420 Å². The Morgan fingerprint density at radius 3 is 1.82 bits per heavy atom. The molecular weight excluding hydrogens is 913 g/mol. The van der Waals surface area contributed by atoms with Gasteiger partial charge in [0, 0.05) is 48.6 Å². The Hall–Kier alpha value is -7.53. The Morgan fingerprint density at radius 1 is 0.597 bits per heavy atom. The molecule has 2 heterocycles. The lowest BCUT2D eigenvalue weighted by atomic mass is 9.84. The molecule has 8 amide bonds. The minimum Gasteiger partial charge on any atom is -0.368 e. The molecule has 17 nitrogen and oxygen atoms in total. The number of nitrogens with two attached hydrogens (primary N) is 2. The third-order valence-corrected chi connectivity index (χ3v) is 13.7. The summed E-state index contributed by atoms with van der Waals surface area (Å²) in [6.45, 7) is 0.468. The monoisotopic (exact) mass is 981 g/mol. The molecule has 72 heavy (non-hydrogen) atoms. The highest BCUT2D eigenvalue weighted by atomic mass is 16.2. The van der Waals surface area contributed by atoms with E-state index in [4.69, 9.17) is 11.5 Å². The van der Waals surface area contributed by atoms with Crippen LogP contribution in [0.2, 0.25) is 0 Å². The van der Waals surface area contributed by atoms with Crippen molar-refractivity contribution in [1.82, 2.24) is 36.5 Å². The number of primary amides is 1. The highest BCUT2D eigenvalue weighted by molar-refractivity contribution is 5.98. The Bertz CT molecular complexity index is 2610. The molecule has 4 aromatic carbocycles. The SMILES string of the molecule is NCCC[C@H](NC(=O)[C@H](Cc1ccccc1)NC(=O)Nc1ccccc1)C(=O)N1CCC[C@H]1C(=O)N[C@@H](CC1CCCCC1)C(=O)N[C@@H](Cc1c[nH]c2ccccc12)C(=O)N[C@@H](Cc1ccccc1)C(N)=O. The number of nitrogens with zero attached hydrogens (tertiary/aromatic N) is 1. The summed E-state index contributed by atoms with van der Waals surface area (Å²) in [4.78, 5) is 103. The van der Waals surface area contributed by atoms with Crippen LogP contribution in [0.3, 0.4) is 0 Å². The van der Waals surface area contributed by atoms with Crippen LogP contribution in [0, 0.1) is 5.92 Å². The lowest BCUT2D eigenvalue weighted by Gasteiger charge is -2.32. The summed E-state index contributed by atoms with van der Waals surface area (Å²) in [6.07, 6.45) is 8.55. The van der Waals surface area contributed by atoms with Crippen molar-refractivity contribution in [2.75, 3.05) is 18.4 Å². The number of anilines is 1. The lowest BCUT2D eigenvalue weighted by molar-refractivity contribution is -0.142. The highest BCUT2D eigenvalue weighted by Gasteiger charge is 2.40. The van der Waals surface area contributed by atoms with E-state index in [1.807, 2.05) is 91.0 Å². The zero-order valence-electron chi connectivity index (χ0n) is 40.7. The number of hydrogen-bond acceptors (Lipinski definition) is 8. The average Bonchev–Trinajstić information content (AvgIpc) is 4.06. The van der Waals surface area contributed by atoms with Gasteiger partial charge in [0.05, 0.1) is 0 Å². The number of nitrogens with one attached hydrogen (secondary N) is 7. The smallest absolute Gasteiger partial charge is 0.319 e. The number of benzene rings is 4. The summed E-state index contributed by atoms with van der Waals surface area (Å²) in [6, 6.07) is 27.7. The maximum absolute atomic E-state index is 14.7. The molecule has 380 valence electrons. The van der Waals surface area contributed by atoms with E-state index < -0.39 is 77.7 Å². The minimum atomic E-state index is -1.18. The first-order valence-corrected chi connectivity index (χ1v) is 25.2. The van der Waals surface area contributed by atoms with Gasteiger partial charge < -0.3 is 53.3 Å². The molecule has 0 radical (unpaired) electrons. The summed E-state index contributed by atoms with van der Waals surface area (Å²) in [5, 5.41) is 18.0. The van der Waals surface area contributed by atoms with E-state index in [2.05, 4.69) is 36.9 Å². The van der Waals surface area contributed by atoms with Crippen molar-refractivity contribution >= 4 is 58.1 Å². The predicted octanol–water partition coefficient (Wildman–Crippen LogP) is 4.51. The number of hydrogen-bond donors (Lipinski definition) is 9. The molecule has 1 saturated carbocycles. The van der Waals surface area contributed by atoms with Gasteiger partial charge in [-0.3, -0.25) is 28.8 Å². The number of aromatic nitrogens is 1. The van der Waals surface area contributed by atoms with Crippen LogP contribution < -0.4 is 43.4 Å². The largest absolute Gasteiger partial charge is 0.368 e. The average molecular weight is 981 g/mol. The van der Waals surface area contributed by atoms with Crippen molar-refractivity contribution in [1.29, 1.82) is 0 Å². The third-order valence-electron chi connectivity index (χ3n) is 13.7. The van der Waals surface area contributed by atoms with Gasteiger partial charge in [-0.25, -0.2) is 4.79 Å². The van der Waals surface area contributed by atoms with E-state index in [0.29, 0.717) is 31.4 Å². The van der Waals surface area contributed by atoms with E-state index in [9.17, 15) is 33.6 Å². The van der Waals surface area contributed by atoms with Crippen LogP contribution in [-0.4, -0.2) is 101 Å². The Kier molecular flexibility index (Phi) is 18.9. The van der Waals surface area contributed by atoms with Crippen LogP contribution in [0.1, 0.15) is 80.9 Å². The van der Waals surface area contributed by atoms with Crippen LogP contribution >= 0.6 is 0 Å².